The molecular weight excluding hydrogens is 1770 g/mol. The summed E-state index contributed by atoms with van der Waals surface area (Å²) in [7, 11) is 3.12. The zero-order valence-corrected chi connectivity index (χ0v) is 78.4. The van der Waals surface area contributed by atoms with Crippen molar-refractivity contribution in [2.24, 2.45) is 29.0 Å². The number of para-hydroxylation sites is 1. The molecule has 6 aromatic rings. The summed E-state index contributed by atoms with van der Waals surface area (Å²) in [5.74, 6) is -19.5. The lowest BCUT2D eigenvalue weighted by Crippen LogP contribution is -2.65. The maximum absolute atomic E-state index is 16.4. The number of aliphatic carboxylic acids is 1. The van der Waals surface area contributed by atoms with Gasteiger partial charge in [-0.3, -0.25) is 91.3 Å². The average Bonchev–Trinajstić information content (AvgIpc) is 1.29. The summed E-state index contributed by atoms with van der Waals surface area (Å²) in [6.45, 7) is 12.2. The molecule has 12 atom stereocenters. The lowest BCUT2D eigenvalue weighted by atomic mass is 9.80. The lowest BCUT2D eigenvalue weighted by molar-refractivity contribution is -0.142. The van der Waals surface area contributed by atoms with E-state index >= 15 is 28.8 Å². The van der Waals surface area contributed by atoms with Crippen molar-refractivity contribution in [1.82, 2.24) is 73.4 Å². The normalized spacial score (nSPS) is 19.6. The largest absolute Gasteiger partial charge is 0.492 e. The van der Waals surface area contributed by atoms with Gasteiger partial charge >= 0.3 is 5.97 Å². The van der Waals surface area contributed by atoms with Crippen molar-refractivity contribution < 1.29 is 106 Å². The lowest BCUT2D eigenvalue weighted by Gasteiger charge is -2.39. The highest BCUT2D eigenvalue weighted by Gasteiger charge is 2.49. The number of benzene rings is 4. The van der Waals surface area contributed by atoms with E-state index in [0.29, 0.717) is 44.3 Å². The van der Waals surface area contributed by atoms with Crippen molar-refractivity contribution in [3.8, 4) is 5.75 Å². The quantitative estimate of drug-likeness (QED) is 0.0189. The van der Waals surface area contributed by atoms with Crippen LogP contribution in [0.1, 0.15) is 154 Å². The molecule has 0 unspecified atom stereocenters. The number of amides is 14. The number of H-pyrrole nitrogens is 1. The summed E-state index contributed by atoms with van der Waals surface area (Å²) in [5.41, 5.74) is 18.2. The van der Waals surface area contributed by atoms with Crippen LogP contribution in [0.3, 0.4) is 0 Å². The summed E-state index contributed by atoms with van der Waals surface area (Å²) in [5, 5.41) is 53.3. The van der Waals surface area contributed by atoms with Crippen molar-refractivity contribution in [3.63, 3.8) is 0 Å². The topological polar surface area (TPSA) is 608 Å². The number of nitrogens with zero attached hydrogens (tertiary/aromatic N) is 2. The van der Waals surface area contributed by atoms with Crippen molar-refractivity contribution >= 4 is 149 Å². The van der Waals surface area contributed by atoms with Gasteiger partial charge in [-0.05, 0) is 137 Å². The number of rotatable bonds is 42. The minimum absolute atomic E-state index is 0.105. The number of carboxylic acid groups (broad SMARTS) is 1. The number of unbranched alkanes of at least 4 members (excludes halogenated alkanes) is 1. The molecule has 4 heterocycles. The molecule has 2 aliphatic heterocycles. The third-order valence-electron chi connectivity index (χ3n) is 23.1. The molecule has 2 aliphatic rings. The van der Waals surface area contributed by atoms with E-state index in [1.54, 1.807) is 79.0 Å². The Labute approximate surface area is 783 Å². The maximum Gasteiger partial charge on any atom is 0.303 e. The van der Waals surface area contributed by atoms with E-state index in [4.69, 9.17) is 26.7 Å². The summed E-state index contributed by atoms with van der Waals surface area (Å²) in [4.78, 5) is 267. The van der Waals surface area contributed by atoms with E-state index in [-0.39, 0.29) is 90.2 Å². The number of aromatic amines is 1. The molecular formula is C93H123N17O22S2. The number of primary amides is 2. The molecule has 724 valence electrons. The third-order valence-corrected chi connectivity index (χ3v) is 27.3. The highest BCUT2D eigenvalue weighted by molar-refractivity contribution is 8.77. The number of pyridine rings is 1. The van der Waals surface area contributed by atoms with Crippen LogP contribution in [0.5, 0.6) is 5.75 Å². The number of Topliss-reactive ketones (excluding diaryl/α,β-unsaturated/α-hetero) is 3. The molecule has 39 nitrogen and oxygen atoms in total. The fourth-order valence-corrected chi connectivity index (χ4v) is 18.6. The van der Waals surface area contributed by atoms with Crippen LogP contribution >= 0.6 is 21.6 Å². The van der Waals surface area contributed by atoms with Gasteiger partial charge in [0, 0.05) is 156 Å². The van der Waals surface area contributed by atoms with Crippen LogP contribution in [0, 0.1) is 18.8 Å². The molecule has 20 N–H and O–H groups in total. The first-order valence-corrected chi connectivity index (χ1v) is 46.3. The molecule has 0 spiro atoms. The van der Waals surface area contributed by atoms with Crippen molar-refractivity contribution in [2.75, 3.05) is 46.5 Å². The number of nitrogens with one attached hydrogen (secondary N) is 12. The zero-order chi connectivity index (χ0) is 98.5. The number of aliphatic hydroxyl groups is 1. The van der Waals surface area contributed by atoms with Crippen LogP contribution in [0.25, 0.3) is 21.7 Å². The second-order valence-corrected chi connectivity index (χ2v) is 38.5. The van der Waals surface area contributed by atoms with Gasteiger partial charge in [-0.1, -0.05) is 100 Å². The molecule has 14 amide bonds. The fourth-order valence-electron chi connectivity index (χ4n) is 15.8. The zero-order valence-electron chi connectivity index (χ0n) is 76.7. The molecule has 2 fully saturated rings. The third kappa shape index (κ3) is 31.7. The predicted octanol–water partition coefficient (Wildman–Crippen LogP) is 1.13. The monoisotopic (exact) mass is 1890 g/mol. The molecule has 0 radical (unpaired) electrons. The van der Waals surface area contributed by atoms with Crippen LogP contribution in [0.4, 0.5) is 0 Å². The Morgan fingerprint density at radius 2 is 1.29 bits per heavy atom. The van der Waals surface area contributed by atoms with Crippen LogP contribution < -0.4 is 80.4 Å². The highest BCUT2D eigenvalue weighted by Crippen LogP contribution is 2.47. The maximum atomic E-state index is 16.4. The Morgan fingerprint density at radius 1 is 0.649 bits per heavy atom. The summed E-state index contributed by atoms with van der Waals surface area (Å²) in [6, 6.07) is 11.7. The molecule has 0 bridgehead atoms. The van der Waals surface area contributed by atoms with Crippen LogP contribution in [-0.4, -0.2) is 253 Å². The van der Waals surface area contributed by atoms with Crippen LogP contribution in [0.2, 0.25) is 0 Å². The smallest absolute Gasteiger partial charge is 0.303 e. The van der Waals surface area contributed by atoms with Gasteiger partial charge in [0.1, 0.15) is 72.0 Å². The number of nitrogens with two attached hydrogens (primary N) is 3. The first kappa shape index (κ1) is 107. The average molecular weight is 1900 g/mol. The van der Waals surface area contributed by atoms with E-state index in [1.165, 1.54) is 61.0 Å². The first-order chi connectivity index (χ1) is 63.4. The number of carbonyl (C=O) groups excluding carboxylic acids is 17. The first-order valence-electron chi connectivity index (χ1n) is 44.2. The Hall–Kier alpha value is -12.7. The van der Waals surface area contributed by atoms with Gasteiger partial charge in [0.15, 0.2) is 11.6 Å². The standard InChI is InChI=1S/C93H123N17O22S2/c1-51-17-15-21-65-63(49-99-77(51)65)44-71-84(124)101-66(22-13-14-35-98-54(4)113)82(122)108-80(92(8,9)134-133-91(6,7)79(100-55(5)114)88(128)105-68(39-52(2)111)85(125)107-78(53(3)112)87(127)104-71)89(129)106-69(42-56-24-28-64(29-25-56)132-38-33-94)83(123)103-70(43-57-23-26-59-19-11-12-20-60(59)40-57)86(126)109-93(31-36-131-37-32-93)73(116)46-61(27-30-76(119)120)81(121)102-67(47-74(95)117)72(115)45-62(41-58-18-16-34-97-48-58)90(130)110(10)50-75(96)118/h11-12,15-21,23-26,28-29,34,40,48-49,53,61-62,66-71,78-80,99,112H,13-14,22,27,30-33,35-39,41-47,50,94H2,1-10H3,(H2,95,117)(H2,96,118)(H,98,113)(H,100,114)(H,101,124)(H,102,121)(H,103,123)(H,104,127)(H,105,128)(H,106,129)(H,107,125)(H,108,122)(H,109,126)(H,119,120)/t53-,61-,62-,66+,67+,68+,69+,70+,71+,78+,79-,80-/m1/s1. The van der Waals surface area contributed by atoms with Gasteiger partial charge in [-0.2, -0.15) is 0 Å². The van der Waals surface area contributed by atoms with Crippen molar-refractivity contribution in [2.45, 2.75) is 234 Å². The number of carboxylic acids is 1. The molecule has 41 heteroatoms. The molecule has 2 saturated heterocycles. The van der Waals surface area contributed by atoms with Crippen LogP contribution in [0.15, 0.2) is 116 Å². The minimum atomic E-state index is -1.98. The van der Waals surface area contributed by atoms with E-state index in [2.05, 4.69) is 68.5 Å². The number of hydrogen-bond acceptors (Lipinski definition) is 25. The van der Waals surface area contributed by atoms with E-state index in [9.17, 15) is 67.7 Å². The van der Waals surface area contributed by atoms with Gasteiger partial charge in [0.2, 0.25) is 82.7 Å². The Bertz CT molecular complexity index is 5260. The van der Waals surface area contributed by atoms with Crippen molar-refractivity contribution in [1.29, 1.82) is 0 Å². The molecule has 8 rings (SSSR count). The van der Waals surface area contributed by atoms with E-state index in [0.717, 1.165) is 51.3 Å². The number of fused-ring (bicyclic) bond motifs is 2. The summed E-state index contributed by atoms with van der Waals surface area (Å²) >= 11 is 0. The molecule has 0 saturated carbocycles. The number of likely N-dealkylation sites (N-methyl/N-ethyl adjacent to an activating group) is 1. The number of aromatic nitrogens is 2. The Kier molecular flexibility index (Phi) is 39.7. The van der Waals surface area contributed by atoms with Gasteiger partial charge < -0.3 is 105 Å². The minimum Gasteiger partial charge on any atom is -0.492 e. The second kappa shape index (κ2) is 49.8. The highest BCUT2D eigenvalue weighted by atomic mass is 33.1. The number of hydrogen-bond donors (Lipinski definition) is 17. The Balaban J connectivity index is 1.22. The van der Waals surface area contributed by atoms with E-state index < -0.39 is 239 Å². The SMILES string of the molecule is CC(=O)C[C@@H]1NC(=O)[C@@H](NC(C)=O)C(C)(C)SSC(C)(C)[C@@H](C(=O)N[C@@H](Cc2ccc(OCCN)cc2)C(=O)N[C@@H](Cc2ccc3ccccc3c2)C(=O)NC2(C(=O)C[C@@H](CCC(=O)O)C(=O)N[C@@H](CC(N)=O)C(=O)C[C@@H](Cc3cccnc3)C(=O)N(C)CC(N)=O)CCOCC2)NC(=O)[C@H](CCCCNC(C)=O)NC(=O)[C@H](Cc2c[nH]c3c(C)cccc23)NC(=O)[C@H]([C@@H](C)O)NC1=O. The molecule has 4 aromatic carbocycles. The number of ether oxygens (including phenoxy) is 2. The summed E-state index contributed by atoms with van der Waals surface area (Å²) < 4.78 is 8.37. The number of aryl methyl sites for hydroxylation is 1. The fraction of sp³-hybridized carbons (Fsp3) is 0.495. The van der Waals surface area contributed by atoms with Gasteiger partial charge in [0.05, 0.1) is 25.1 Å². The van der Waals surface area contributed by atoms with Crippen molar-refractivity contribution in [3.05, 3.63) is 143 Å². The Morgan fingerprint density at radius 3 is 1.93 bits per heavy atom. The van der Waals surface area contributed by atoms with E-state index in [1.807, 2.05) is 31.2 Å². The van der Waals surface area contributed by atoms with Crippen LogP contribution in [-0.2, 0) is 117 Å². The number of ketones is 3. The van der Waals surface area contributed by atoms with Gasteiger partial charge in [-0.25, -0.2) is 0 Å². The van der Waals surface area contributed by atoms with Gasteiger partial charge in [0.25, 0.3) is 0 Å². The molecule has 0 aliphatic carbocycles. The second-order valence-electron chi connectivity index (χ2n) is 35.0. The molecule has 134 heavy (non-hydrogen) atoms. The number of aliphatic hydroxyl groups excluding tert-OH is 1. The number of carbonyl (C=O) groups is 18. The van der Waals surface area contributed by atoms with Gasteiger partial charge in [-0.15, -0.1) is 0 Å². The predicted molar refractivity (Wildman–Crippen MR) is 498 cm³/mol. The molecule has 2 aromatic heterocycles. The summed E-state index contributed by atoms with van der Waals surface area (Å²) in [6.07, 6.45) is -3.03.